The highest BCUT2D eigenvalue weighted by atomic mass is 16.2. The minimum absolute atomic E-state index is 0.0531. The molecule has 0 unspecified atom stereocenters. The third-order valence-electron chi connectivity index (χ3n) is 5.21. The van der Waals surface area contributed by atoms with Crippen molar-refractivity contribution in [2.24, 2.45) is 0 Å². The van der Waals surface area contributed by atoms with E-state index >= 15 is 0 Å². The molecule has 0 spiro atoms. The molecule has 0 bridgehead atoms. The Hall–Kier alpha value is -5.12. The molecule has 2 heterocycles. The summed E-state index contributed by atoms with van der Waals surface area (Å²) < 4.78 is 1.13. The van der Waals surface area contributed by atoms with E-state index in [-0.39, 0.29) is 35.8 Å². The molecule has 3 N–H and O–H groups in total. The SMILES string of the molecule is O=C(CNC(=O)c1cccn2c(=O)c(NC(=O)c3ccccc3)cnc12)NCC(=O)c1ccccc1. The molecule has 10 heteroatoms. The summed E-state index contributed by atoms with van der Waals surface area (Å²) >= 11 is 0. The zero-order valence-electron chi connectivity index (χ0n) is 18.9. The van der Waals surface area contributed by atoms with Crippen molar-refractivity contribution in [1.82, 2.24) is 20.0 Å². The molecule has 2 aromatic heterocycles. The lowest BCUT2D eigenvalue weighted by Crippen LogP contribution is -2.39. The van der Waals surface area contributed by atoms with Crippen molar-refractivity contribution in [3.05, 3.63) is 112 Å². The molecule has 0 saturated heterocycles. The number of rotatable bonds is 8. The van der Waals surface area contributed by atoms with Gasteiger partial charge in [0.05, 0.1) is 24.8 Å². The number of nitrogens with one attached hydrogen (secondary N) is 3. The summed E-state index contributed by atoms with van der Waals surface area (Å²) in [5.41, 5.74) is 0.325. The van der Waals surface area contributed by atoms with Crippen LogP contribution in [0.2, 0.25) is 0 Å². The molecule has 0 aliphatic heterocycles. The van der Waals surface area contributed by atoms with Crippen molar-refractivity contribution in [1.29, 1.82) is 0 Å². The molecule has 3 amide bonds. The molecule has 2 aromatic carbocycles. The summed E-state index contributed by atoms with van der Waals surface area (Å²) in [5, 5.41) is 7.44. The first kappa shape index (κ1) is 24.0. The molecule has 0 fully saturated rings. The van der Waals surface area contributed by atoms with Gasteiger partial charge in [-0.15, -0.1) is 0 Å². The standard InChI is InChI=1S/C26H21N5O5/c32-21(17-8-3-1-4-9-17)15-27-22(33)16-29-25(35)19-12-7-13-31-23(19)28-14-20(26(31)36)30-24(34)18-10-5-2-6-11-18/h1-14H,15-16H2,(H,27,33)(H,29,35)(H,30,34). The number of Topliss-reactive ketones (excluding diaryl/α,β-unsaturated/α-hetero) is 1. The fourth-order valence-corrected chi connectivity index (χ4v) is 3.38. The van der Waals surface area contributed by atoms with Crippen molar-refractivity contribution in [3.8, 4) is 0 Å². The van der Waals surface area contributed by atoms with Crippen molar-refractivity contribution < 1.29 is 19.2 Å². The van der Waals surface area contributed by atoms with E-state index in [1.54, 1.807) is 60.7 Å². The van der Waals surface area contributed by atoms with Crippen LogP contribution < -0.4 is 21.5 Å². The van der Waals surface area contributed by atoms with Gasteiger partial charge in [0.25, 0.3) is 17.4 Å². The molecule has 0 aliphatic rings. The van der Waals surface area contributed by atoms with E-state index in [0.29, 0.717) is 11.1 Å². The van der Waals surface area contributed by atoms with Gasteiger partial charge in [-0.05, 0) is 24.3 Å². The molecule has 180 valence electrons. The summed E-state index contributed by atoms with van der Waals surface area (Å²) in [6.07, 6.45) is 2.60. The highest BCUT2D eigenvalue weighted by molar-refractivity contribution is 6.04. The van der Waals surface area contributed by atoms with Gasteiger partial charge in [-0.1, -0.05) is 48.5 Å². The molecule has 0 aliphatic carbocycles. The highest BCUT2D eigenvalue weighted by Gasteiger charge is 2.16. The largest absolute Gasteiger partial charge is 0.347 e. The number of anilines is 1. The van der Waals surface area contributed by atoms with Gasteiger partial charge in [0.2, 0.25) is 5.91 Å². The van der Waals surface area contributed by atoms with Gasteiger partial charge in [0, 0.05) is 17.3 Å². The van der Waals surface area contributed by atoms with Gasteiger partial charge in [0.1, 0.15) is 5.69 Å². The van der Waals surface area contributed by atoms with E-state index in [1.165, 1.54) is 24.5 Å². The molecule has 4 rings (SSSR count). The summed E-state index contributed by atoms with van der Waals surface area (Å²) in [7, 11) is 0. The van der Waals surface area contributed by atoms with Gasteiger partial charge >= 0.3 is 0 Å². The fourth-order valence-electron chi connectivity index (χ4n) is 3.38. The van der Waals surface area contributed by atoms with Crippen LogP contribution in [0.5, 0.6) is 0 Å². The van der Waals surface area contributed by atoms with Gasteiger partial charge in [-0.3, -0.25) is 28.4 Å². The quantitative estimate of drug-likeness (QED) is 0.326. The van der Waals surface area contributed by atoms with Crippen molar-refractivity contribution in [2.45, 2.75) is 0 Å². The van der Waals surface area contributed by atoms with Crippen LogP contribution in [0.1, 0.15) is 31.1 Å². The average molecular weight is 483 g/mol. The van der Waals surface area contributed by atoms with Crippen molar-refractivity contribution >= 4 is 34.8 Å². The molecule has 10 nitrogen and oxygen atoms in total. The number of carbonyl (C=O) groups is 4. The minimum Gasteiger partial charge on any atom is -0.347 e. The Morgan fingerprint density at radius 3 is 2.11 bits per heavy atom. The van der Waals surface area contributed by atoms with Crippen LogP contribution in [0.4, 0.5) is 5.69 Å². The van der Waals surface area contributed by atoms with E-state index < -0.39 is 23.3 Å². The third kappa shape index (κ3) is 5.50. The van der Waals surface area contributed by atoms with Gasteiger partial charge < -0.3 is 16.0 Å². The van der Waals surface area contributed by atoms with Gasteiger partial charge in [0.15, 0.2) is 11.4 Å². The van der Waals surface area contributed by atoms with Crippen LogP contribution in [0.15, 0.2) is 90.0 Å². The lowest BCUT2D eigenvalue weighted by molar-refractivity contribution is -0.119. The van der Waals surface area contributed by atoms with Gasteiger partial charge in [-0.25, -0.2) is 4.98 Å². The Balaban J connectivity index is 1.41. The van der Waals surface area contributed by atoms with Crippen LogP contribution in [-0.4, -0.2) is 46.0 Å². The van der Waals surface area contributed by atoms with Crippen LogP contribution in [-0.2, 0) is 4.79 Å². The summed E-state index contributed by atoms with van der Waals surface area (Å²) in [6.45, 7) is -0.585. The van der Waals surface area contributed by atoms with Crippen LogP contribution >= 0.6 is 0 Å². The molecular weight excluding hydrogens is 462 g/mol. The molecule has 0 saturated carbocycles. The Morgan fingerprint density at radius 1 is 0.750 bits per heavy atom. The van der Waals surface area contributed by atoms with Crippen molar-refractivity contribution in [2.75, 3.05) is 18.4 Å². The number of nitrogens with zero attached hydrogens (tertiary/aromatic N) is 2. The fraction of sp³-hybridized carbons (Fsp3) is 0.0769. The number of aromatic nitrogens is 2. The first-order valence-electron chi connectivity index (χ1n) is 10.9. The Morgan fingerprint density at radius 2 is 1.42 bits per heavy atom. The number of carbonyl (C=O) groups excluding carboxylic acids is 4. The van der Waals surface area contributed by atoms with Crippen LogP contribution in [0.25, 0.3) is 5.65 Å². The lowest BCUT2D eigenvalue weighted by Gasteiger charge is -2.10. The molecule has 0 radical (unpaired) electrons. The summed E-state index contributed by atoms with van der Waals surface area (Å²) in [5.74, 6) is -1.92. The lowest BCUT2D eigenvalue weighted by atomic mass is 10.1. The maximum absolute atomic E-state index is 12.9. The maximum atomic E-state index is 12.9. The van der Waals surface area contributed by atoms with E-state index in [2.05, 4.69) is 20.9 Å². The monoisotopic (exact) mass is 483 g/mol. The molecule has 0 atom stereocenters. The Kier molecular flexibility index (Phi) is 7.25. The Labute approximate surface area is 205 Å². The second kappa shape index (κ2) is 10.9. The zero-order valence-corrected chi connectivity index (χ0v) is 18.9. The summed E-state index contributed by atoms with van der Waals surface area (Å²) in [4.78, 5) is 66.3. The van der Waals surface area contributed by atoms with Crippen LogP contribution in [0.3, 0.4) is 0 Å². The number of benzene rings is 2. The number of amides is 3. The molecule has 4 aromatic rings. The Bertz CT molecular complexity index is 1500. The number of fused-ring (bicyclic) bond motifs is 1. The zero-order chi connectivity index (χ0) is 25.5. The smallest absolute Gasteiger partial charge is 0.281 e. The van der Waals surface area contributed by atoms with Gasteiger partial charge in [-0.2, -0.15) is 0 Å². The third-order valence-corrected chi connectivity index (χ3v) is 5.21. The van der Waals surface area contributed by atoms with E-state index in [4.69, 9.17) is 0 Å². The maximum Gasteiger partial charge on any atom is 0.281 e. The number of hydrogen-bond donors (Lipinski definition) is 3. The number of hydrogen-bond acceptors (Lipinski definition) is 6. The highest BCUT2D eigenvalue weighted by Crippen LogP contribution is 2.10. The first-order chi connectivity index (χ1) is 17.4. The predicted molar refractivity (Wildman–Crippen MR) is 132 cm³/mol. The van der Waals surface area contributed by atoms with Crippen molar-refractivity contribution in [3.63, 3.8) is 0 Å². The second-order valence-electron chi connectivity index (χ2n) is 7.66. The first-order valence-corrected chi connectivity index (χ1v) is 10.9. The predicted octanol–water partition coefficient (Wildman–Crippen LogP) is 1.68. The normalized spacial score (nSPS) is 10.4. The molecular formula is C26H21N5O5. The topological polar surface area (TPSA) is 139 Å². The summed E-state index contributed by atoms with van der Waals surface area (Å²) in [6, 6.07) is 19.8. The second-order valence-corrected chi connectivity index (χ2v) is 7.66. The molecule has 36 heavy (non-hydrogen) atoms. The number of pyridine rings is 1. The van der Waals surface area contributed by atoms with E-state index in [0.717, 1.165) is 4.40 Å². The minimum atomic E-state index is -0.634. The number of ketones is 1. The average Bonchev–Trinajstić information content (AvgIpc) is 2.92. The van der Waals surface area contributed by atoms with E-state index in [9.17, 15) is 24.0 Å². The van der Waals surface area contributed by atoms with E-state index in [1.807, 2.05) is 0 Å². The van der Waals surface area contributed by atoms with Crippen LogP contribution in [0, 0.1) is 0 Å².